The van der Waals surface area contributed by atoms with Gasteiger partial charge in [-0.05, 0) is 56.7 Å². The Bertz CT molecular complexity index is 1900. The lowest BCUT2D eigenvalue weighted by atomic mass is 9.68. The van der Waals surface area contributed by atoms with Gasteiger partial charge in [-0.25, -0.2) is 0 Å². The highest BCUT2D eigenvalue weighted by atomic mass is 32.3. The Kier molecular flexibility index (Phi) is 12.5. The normalized spacial score (nSPS) is 27.4. The van der Waals surface area contributed by atoms with Crippen molar-refractivity contribution in [2.24, 2.45) is 23.7 Å². The van der Waals surface area contributed by atoms with Gasteiger partial charge >= 0.3 is 46.7 Å². The summed E-state index contributed by atoms with van der Waals surface area (Å²) in [5.74, 6) is -0.100. The minimum atomic E-state index is -6.81. The molecule has 4 unspecified atom stereocenters. The van der Waals surface area contributed by atoms with E-state index in [4.69, 9.17) is 18.9 Å². The van der Waals surface area contributed by atoms with Gasteiger partial charge in [0.15, 0.2) is 11.6 Å². The SMILES string of the molecule is O=C1CCC2CC1CCC21OCCO1.O=S(=O)(N(c1ccccc1)S(=O)(=O)C(F)(F)F)C(F)(F)F.O=S(=O)(OC1=CCC2CC1CCC21OCCO1)C(F)(F)F. The number of alkyl halides is 9. The molecule has 25 heteroatoms. The number of fused-ring (bicyclic) bond motifs is 6. The van der Waals surface area contributed by atoms with Crippen molar-refractivity contribution in [2.45, 2.75) is 85.9 Å². The number of benzene rings is 1. The summed E-state index contributed by atoms with van der Waals surface area (Å²) in [6.07, 6.45) is 7.94. The van der Waals surface area contributed by atoms with E-state index in [1.54, 1.807) is 0 Å². The van der Waals surface area contributed by atoms with Crippen LogP contribution in [0.5, 0.6) is 0 Å². The molecule has 2 spiro atoms. The van der Waals surface area contributed by atoms with Crippen LogP contribution in [0.15, 0.2) is 42.2 Å². The van der Waals surface area contributed by atoms with E-state index in [1.807, 2.05) is 0 Å². The van der Waals surface area contributed by atoms with Crippen LogP contribution in [0.2, 0.25) is 0 Å². The number of halogens is 9. The zero-order chi connectivity index (χ0) is 41.6. The molecule has 0 radical (unpaired) electrons. The summed E-state index contributed by atoms with van der Waals surface area (Å²) < 4.78 is 204. The predicted octanol–water partition coefficient (Wildman–Crippen LogP) is 6.00. The summed E-state index contributed by atoms with van der Waals surface area (Å²) in [7, 11) is -19.2. The predicted molar refractivity (Wildman–Crippen MR) is 173 cm³/mol. The van der Waals surface area contributed by atoms with Gasteiger partial charge in [-0.3, -0.25) is 4.79 Å². The summed E-state index contributed by atoms with van der Waals surface area (Å²) in [4.78, 5) is 11.5. The molecular formula is C31H36F9NO12S3. The molecular weight excluding hydrogens is 846 g/mol. The average Bonchev–Trinajstić information content (AvgIpc) is 3.78. The maximum atomic E-state index is 12.4. The molecule has 56 heavy (non-hydrogen) atoms. The number of anilines is 1. The van der Waals surface area contributed by atoms with Crippen LogP contribution in [0.25, 0.3) is 0 Å². The van der Waals surface area contributed by atoms with Crippen molar-refractivity contribution in [1.82, 2.24) is 0 Å². The van der Waals surface area contributed by atoms with Crippen molar-refractivity contribution in [2.75, 3.05) is 30.1 Å². The molecule has 0 aromatic heterocycles. The summed E-state index contributed by atoms with van der Waals surface area (Å²) in [5.41, 5.74) is -19.2. The van der Waals surface area contributed by atoms with E-state index >= 15 is 0 Å². The van der Waals surface area contributed by atoms with E-state index in [0.29, 0.717) is 68.6 Å². The van der Waals surface area contributed by atoms with E-state index in [-0.39, 0.29) is 23.4 Å². The van der Waals surface area contributed by atoms with Crippen LogP contribution < -0.4 is 3.71 Å². The molecule has 2 aliphatic heterocycles. The minimum absolute atomic E-state index is 0.0275. The van der Waals surface area contributed by atoms with Crippen molar-refractivity contribution >= 4 is 41.6 Å². The van der Waals surface area contributed by atoms with E-state index in [1.165, 1.54) is 6.08 Å². The Morgan fingerprint density at radius 1 is 0.643 bits per heavy atom. The van der Waals surface area contributed by atoms with Gasteiger partial charge in [0, 0.05) is 42.9 Å². The fourth-order valence-electron chi connectivity index (χ4n) is 7.67. The molecule has 0 amide bonds. The second-order valence-electron chi connectivity index (χ2n) is 13.6. The monoisotopic (exact) mass is 881 g/mol. The molecule has 1 aromatic rings. The van der Waals surface area contributed by atoms with Gasteiger partial charge in [0.2, 0.25) is 0 Å². The lowest BCUT2D eigenvalue weighted by Gasteiger charge is -2.44. The highest BCUT2D eigenvalue weighted by Crippen LogP contribution is 2.51. The van der Waals surface area contributed by atoms with Crippen molar-refractivity contribution in [1.29, 1.82) is 0 Å². The highest BCUT2D eigenvalue weighted by molar-refractivity contribution is 8.11. The number of carbonyl (C=O) groups is 1. The molecule has 5 fully saturated rings. The molecule has 0 N–H and O–H groups in total. The summed E-state index contributed by atoms with van der Waals surface area (Å²) >= 11 is 0. The zero-order valence-corrected chi connectivity index (χ0v) is 31.4. The Labute approximate surface area is 315 Å². The number of Topliss-reactive ketones (excluding diaryl/α,β-unsaturated/α-hetero) is 1. The van der Waals surface area contributed by atoms with Crippen LogP contribution in [0.3, 0.4) is 0 Å². The Morgan fingerprint density at radius 3 is 1.59 bits per heavy atom. The number of ether oxygens (including phenoxy) is 4. The van der Waals surface area contributed by atoms with E-state index in [2.05, 4.69) is 4.18 Å². The van der Waals surface area contributed by atoms with Crippen LogP contribution in [0.4, 0.5) is 45.2 Å². The largest absolute Gasteiger partial charge is 0.534 e. The lowest BCUT2D eigenvalue weighted by molar-refractivity contribution is -0.224. The van der Waals surface area contributed by atoms with Crippen LogP contribution >= 0.6 is 0 Å². The van der Waals surface area contributed by atoms with Crippen molar-refractivity contribution < 1.29 is 92.7 Å². The third-order valence-corrected chi connectivity index (χ3v) is 14.9. The quantitative estimate of drug-likeness (QED) is 0.193. The Balaban J connectivity index is 0.000000164. The van der Waals surface area contributed by atoms with Crippen LogP contribution in [-0.4, -0.2) is 85.6 Å². The first-order valence-electron chi connectivity index (χ1n) is 17.0. The van der Waals surface area contributed by atoms with Gasteiger partial charge in [0.1, 0.15) is 11.5 Å². The molecule has 13 nitrogen and oxygen atoms in total. The van der Waals surface area contributed by atoms with Gasteiger partial charge in [0.25, 0.3) is 0 Å². The maximum Gasteiger partial charge on any atom is 0.534 e. The smallest absolute Gasteiger partial charge is 0.381 e. The van der Waals surface area contributed by atoms with Gasteiger partial charge < -0.3 is 23.1 Å². The topological polar surface area (TPSA) is 169 Å². The number of sulfonamides is 2. The number of hydrogen-bond donors (Lipinski definition) is 0. The lowest BCUT2D eigenvalue weighted by Crippen LogP contribution is -2.49. The number of rotatable bonds is 5. The molecule has 1 aromatic carbocycles. The molecule has 2 heterocycles. The van der Waals surface area contributed by atoms with E-state index in [0.717, 1.165) is 63.5 Å². The molecule has 6 aliphatic rings. The van der Waals surface area contributed by atoms with Gasteiger partial charge in [-0.2, -0.15) is 64.8 Å². The molecule has 4 bridgehead atoms. The van der Waals surface area contributed by atoms with Crippen molar-refractivity contribution in [3.8, 4) is 0 Å². The molecule has 3 saturated carbocycles. The first kappa shape index (κ1) is 44.4. The van der Waals surface area contributed by atoms with Crippen LogP contribution in [0, 0.1) is 23.7 Å². The minimum Gasteiger partial charge on any atom is -0.381 e. The third kappa shape index (κ3) is 8.82. The Morgan fingerprint density at radius 2 is 1.11 bits per heavy atom. The summed E-state index contributed by atoms with van der Waals surface area (Å²) in [6, 6.07) is 3.85. The molecule has 318 valence electrons. The standard InChI is InChI=1S/C12H15F3O5S.C11H16O3.C8H5F6NO4S2/c13-12(14,15)21(16,17)20-10-2-1-9-7-8(10)3-4-11(9)18-5-6-19-11;12-10-2-1-9-7-8(10)3-4-11(9)13-5-6-14-11;9-7(10,11)20(16,17)15(6-4-2-1-3-5-6)21(18,19)8(12,13)14/h2,8-9H,1,3-7H2;8-9H,1-7H2;1-5H. The molecule has 4 atom stereocenters. The number of para-hydroxylation sites is 1. The van der Waals surface area contributed by atoms with Gasteiger partial charge in [0.05, 0.1) is 32.1 Å². The summed E-state index contributed by atoms with van der Waals surface area (Å²) in [6.45, 7) is 2.48. The van der Waals surface area contributed by atoms with Gasteiger partial charge in [-0.1, -0.05) is 18.2 Å². The second kappa shape index (κ2) is 15.8. The molecule has 4 aliphatic carbocycles. The van der Waals surface area contributed by atoms with E-state index in [9.17, 15) is 69.6 Å². The maximum absolute atomic E-state index is 12.4. The highest BCUT2D eigenvalue weighted by Gasteiger charge is 2.62. The third-order valence-electron chi connectivity index (χ3n) is 10.3. The number of ketones is 1. The van der Waals surface area contributed by atoms with Crippen LogP contribution in [-0.2, 0) is 58.1 Å². The zero-order valence-electron chi connectivity index (χ0n) is 28.9. The van der Waals surface area contributed by atoms with Crippen molar-refractivity contribution in [3.63, 3.8) is 0 Å². The van der Waals surface area contributed by atoms with E-state index < -0.39 is 61.9 Å². The number of allylic oxidation sites excluding steroid dienone is 2. The average molecular weight is 882 g/mol. The fraction of sp³-hybridized carbons (Fsp3) is 0.710. The Hall–Kier alpha value is -2.71. The van der Waals surface area contributed by atoms with Crippen molar-refractivity contribution in [3.05, 3.63) is 42.2 Å². The summed E-state index contributed by atoms with van der Waals surface area (Å²) in [5, 5.41) is 0. The first-order chi connectivity index (χ1) is 25.8. The van der Waals surface area contributed by atoms with Crippen LogP contribution in [0.1, 0.15) is 57.8 Å². The second-order valence-corrected chi connectivity index (χ2v) is 18.9. The number of hydrogen-bond acceptors (Lipinski definition) is 12. The number of nitrogens with zero attached hydrogens (tertiary/aromatic N) is 1. The number of carbonyl (C=O) groups excluding carboxylic acids is 1. The first-order valence-corrected chi connectivity index (χ1v) is 21.3. The molecule has 7 rings (SSSR count). The van der Waals surface area contributed by atoms with Gasteiger partial charge in [-0.15, -0.1) is 3.71 Å². The molecule has 2 saturated heterocycles. The fourth-order valence-corrected chi connectivity index (χ4v) is 10.9.